The summed E-state index contributed by atoms with van der Waals surface area (Å²) in [5, 5.41) is 12.8. The Morgan fingerprint density at radius 1 is 0.618 bits per heavy atom. The van der Waals surface area contributed by atoms with Crippen LogP contribution < -0.4 is 52.3 Å². The Bertz CT molecular complexity index is 3200. The second kappa shape index (κ2) is 22.4. The number of carbonyl (C=O) groups is 2. The number of anilines is 6. The van der Waals surface area contributed by atoms with Gasteiger partial charge in [-0.15, -0.1) is 0 Å². The molecule has 0 bridgehead atoms. The zero-order valence-corrected chi connectivity index (χ0v) is 42.5. The summed E-state index contributed by atoms with van der Waals surface area (Å²) in [4.78, 5) is 72.2. The van der Waals surface area contributed by atoms with E-state index in [1.54, 1.807) is 50.8 Å². The topological polar surface area (TPSA) is 294 Å². The van der Waals surface area contributed by atoms with Gasteiger partial charge in [-0.2, -0.15) is 9.97 Å². The molecule has 0 radical (unpaired) electrons. The maximum Gasteiger partial charge on any atom is 0.300 e. The van der Waals surface area contributed by atoms with E-state index in [-0.39, 0.29) is 17.9 Å². The number of nitrogens with zero attached hydrogens (tertiary/aromatic N) is 12. The highest BCUT2D eigenvalue weighted by Crippen LogP contribution is 2.37. The van der Waals surface area contributed by atoms with Crippen LogP contribution in [0, 0.1) is 17.8 Å². The van der Waals surface area contributed by atoms with Crippen molar-refractivity contribution in [1.29, 1.82) is 0 Å². The molecule has 12 heterocycles. The largest absolute Gasteiger partial charge is 0.422 e. The van der Waals surface area contributed by atoms with E-state index in [0.717, 1.165) is 52.2 Å². The third kappa shape index (κ3) is 10.5. The van der Waals surface area contributed by atoms with Crippen LogP contribution in [0.25, 0.3) is 33.6 Å². The highest BCUT2D eigenvalue weighted by atomic mass is 16.5. The lowest BCUT2D eigenvalue weighted by molar-refractivity contribution is 0.101. The molecule has 6 aliphatic rings. The Kier molecular flexibility index (Phi) is 14.8. The first kappa shape index (κ1) is 50.1. The molecule has 6 aromatic rings. The van der Waals surface area contributed by atoms with E-state index < -0.39 is 0 Å². The van der Waals surface area contributed by atoms with Crippen molar-refractivity contribution in [1.82, 2.24) is 40.5 Å². The number of fused-ring (bicyclic) bond motifs is 4. The van der Waals surface area contributed by atoms with Gasteiger partial charge in [0.1, 0.15) is 23.3 Å². The fourth-order valence-electron chi connectivity index (χ4n) is 10.8. The van der Waals surface area contributed by atoms with Crippen LogP contribution in [-0.2, 0) is 9.47 Å². The van der Waals surface area contributed by atoms with Crippen LogP contribution in [0.5, 0.6) is 0 Å². The number of aromatic nitrogens is 6. The summed E-state index contributed by atoms with van der Waals surface area (Å²) in [7, 11) is 3.33. The number of nitrogens with two attached hydrogens (primary N) is 2. The summed E-state index contributed by atoms with van der Waals surface area (Å²) in [6.45, 7) is 11.5. The molecule has 24 heteroatoms. The summed E-state index contributed by atoms with van der Waals surface area (Å²) in [6, 6.07) is 15.5. The van der Waals surface area contributed by atoms with Gasteiger partial charge in [0.05, 0.1) is 48.9 Å². The number of amides is 2. The average molecular weight is 1040 g/mol. The average Bonchev–Trinajstić information content (AvgIpc) is 4.38. The standard InChI is InChI=1S/2C26H31N9O3/c1-28-11-16(10-27)20-3-2-4-22(30-20)31-25(36)19-9-21-23(33-26(38-21)34-5-7-37-8-6-34)32-24(19)35-14-17-12-29-13-18(17)15-35;1-28-13-17(12-27)19-3-2-4-22(30-19)31-25(36)18-11-21-23(33-26(38-21)34-7-9-37-10-8-34)32-24(18)35-6-5-16-14-29-15-20(16)35/h2-4,9-11,17-18,29H,5-8,12-15,27H2,1H3,(H,30,31,36);2-4,11-13,16,20,29H,5-10,14-15,27H2,1H3,(H,30,31,36)/b16-10+,28-11?;17-12+,28-13?. The molecule has 0 saturated carbocycles. The van der Waals surface area contributed by atoms with Gasteiger partial charge in [0, 0.05) is 140 Å². The van der Waals surface area contributed by atoms with E-state index >= 15 is 0 Å². The van der Waals surface area contributed by atoms with Gasteiger partial charge in [-0.25, -0.2) is 19.9 Å². The number of oxazole rings is 2. The molecule has 8 N–H and O–H groups in total. The zero-order valence-electron chi connectivity index (χ0n) is 42.5. The molecule has 0 aromatic carbocycles. The first-order valence-corrected chi connectivity index (χ1v) is 25.7. The number of hydrogen-bond donors (Lipinski definition) is 6. The summed E-state index contributed by atoms with van der Waals surface area (Å²) in [6.07, 6.45) is 7.17. The zero-order chi connectivity index (χ0) is 52.1. The van der Waals surface area contributed by atoms with Crippen molar-refractivity contribution in [2.24, 2.45) is 39.2 Å². The minimum atomic E-state index is -0.319. The Labute approximate surface area is 438 Å². The van der Waals surface area contributed by atoms with Crippen LogP contribution in [0.3, 0.4) is 0 Å². The molecular formula is C52H62N18O6. The number of morpholine rings is 2. The second-order valence-corrected chi connectivity index (χ2v) is 19.3. The third-order valence-corrected chi connectivity index (χ3v) is 14.6. The van der Waals surface area contributed by atoms with Crippen molar-refractivity contribution in [2.45, 2.75) is 12.5 Å². The highest BCUT2D eigenvalue weighted by molar-refractivity contribution is 6.12. The van der Waals surface area contributed by atoms with Crippen LogP contribution >= 0.6 is 0 Å². The van der Waals surface area contributed by atoms with Gasteiger partial charge < -0.3 is 70.6 Å². The maximum absolute atomic E-state index is 13.7. The van der Waals surface area contributed by atoms with E-state index in [1.807, 2.05) is 34.1 Å². The van der Waals surface area contributed by atoms with E-state index in [4.69, 9.17) is 39.7 Å². The van der Waals surface area contributed by atoms with Crippen molar-refractivity contribution in [3.63, 3.8) is 0 Å². The Morgan fingerprint density at radius 3 is 1.62 bits per heavy atom. The summed E-state index contributed by atoms with van der Waals surface area (Å²) < 4.78 is 23.1. The number of nitrogens with one attached hydrogen (secondary N) is 4. The van der Waals surface area contributed by atoms with Gasteiger partial charge in [0.2, 0.25) is 11.3 Å². The monoisotopic (exact) mass is 1030 g/mol. The molecule has 4 atom stereocenters. The molecule has 2 amide bonds. The minimum absolute atomic E-state index is 0.282. The van der Waals surface area contributed by atoms with Gasteiger partial charge >= 0.3 is 0 Å². The number of carbonyl (C=O) groups excluding carboxylic acids is 2. The van der Waals surface area contributed by atoms with E-state index in [0.29, 0.717) is 162 Å². The normalized spacial score (nSPS) is 22.0. The van der Waals surface area contributed by atoms with Crippen LogP contribution in [0.1, 0.15) is 38.5 Å². The first-order valence-electron chi connectivity index (χ1n) is 25.7. The number of rotatable bonds is 12. The van der Waals surface area contributed by atoms with Crippen LogP contribution in [0.4, 0.5) is 35.3 Å². The number of hydrogen-bond acceptors (Lipinski definition) is 22. The van der Waals surface area contributed by atoms with Gasteiger partial charge in [-0.05, 0) is 48.4 Å². The second-order valence-electron chi connectivity index (χ2n) is 19.3. The molecule has 6 fully saturated rings. The van der Waals surface area contributed by atoms with Crippen molar-refractivity contribution < 1.29 is 27.9 Å². The van der Waals surface area contributed by atoms with E-state index in [9.17, 15) is 9.59 Å². The lowest BCUT2D eigenvalue weighted by Gasteiger charge is -2.26. The van der Waals surface area contributed by atoms with Crippen molar-refractivity contribution >= 4 is 93.2 Å². The lowest BCUT2D eigenvalue weighted by Crippen LogP contribution is -2.36. The number of aliphatic imine (C=N–C) groups is 2. The van der Waals surface area contributed by atoms with Crippen LogP contribution in [-0.4, -0.2) is 173 Å². The molecule has 6 aromatic heterocycles. The SMILES string of the molecule is CN=C/C(=C\N)c1cccc(NC(=O)c2cc3oc(N4CCOCC4)nc3nc2N2CC3CNCC3C2)n1.CN=C/C(=C\N)c1cccc(NC(=O)c2cc3oc(N4CCOCC4)nc3nc2N2CCC3CNCC32)n1. The van der Waals surface area contributed by atoms with Gasteiger partial charge in [-0.1, -0.05) is 12.1 Å². The number of ether oxygens (including phenoxy) is 2. The smallest absolute Gasteiger partial charge is 0.300 e. The Hall–Kier alpha value is -8.06. The Morgan fingerprint density at radius 2 is 1.11 bits per heavy atom. The van der Waals surface area contributed by atoms with Crippen LogP contribution in [0.2, 0.25) is 0 Å². The maximum atomic E-state index is 13.7. The van der Waals surface area contributed by atoms with Crippen molar-refractivity contribution in [3.8, 4) is 0 Å². The van der Waals surface area contributed by atoms with Gasteiger partial charge in [0.25, 0.3) is 23.8 Å². The molecule has 24 nitrogen and oxygen atoms in total. The number of pyridine rings is 4. The molecule has 0 spiro atoms. The van der Waals surface area contributed by atoms with Crippen LogP contribution in [0.15, 0.2) is 79.7 Å². The quantitative estimate of drug-likeness (QED) is 0.0961. The van der Waals surface area contributed by atoms with Crippen molar-refractivity contribution in [2.75, 3.05) is 143 Å². The molecule has 4 unspecified atom stereocenters. The number of allylic oxidation sites excluding steroid dienone is 2. The first-order chi connectivity index (χ1) is 37.3. The molecule has 396 valence electrons. The van der Waals surface area contributed by atoms with Gasteiger partial charge in [-0.3, -0.25) is 19.6 Å². The van der Waals surface area contributed by atoms with Gasteiger partial charge in [0.15, 0.2) is 11.2 Å². The lowest BCUT2D eigenvalue weighted by atomic mass is 10.0. The van der Waals surface area contributed by atoms with E-state index in [1.165, 1.54) is 12.4 Å². The highest BCUT2D eigenvalue weighted by Gasteiger charge is 2.41. The summed E-state index contributed by atoms with van der Waals surface area (Å²) in [5.41, 5.74) is 16.8. The molecule has 12 rings (SSSR count). The predicted octanol–water partition coefficient (Wildman–Crippen LogP) is 2.87. The minimum Gasteiger partial charge on any atom is -0.422 e. The fraction of sp³-hybridized carbons (Fsp3) is 0.423. The molecule has 0 aliphatic carbocycles. The summed E-state index contributed by atoms with van der Waals surface area (Å²) >= 11 is 0. The summed E-state index contributed by atoms with van der Waals surface area (Å²) in [5.74, 6) is 2.99. The predicted molar refractivity (Wildman–Crippen MR) is 291 cm³/mol. The Balaban J connectivity index is 0.000000162. The van der Waals surface area contributed by atoms with Crippen molar-refractivity contribution in [3.05, 3.63) is 83.4 Å². The van der Waals surface area contributed by atoms with E-state index in [2.05, 4.69) is 61.0 Å². The molecular weight excluding hydrogens is 973 g/mol. The molecule has 6 saturated heterocycles. The molecule has 6 aliphatic heterocycles. The fourth-order valence-corrected chi connectivity index (χ4v) is 10.8. The third-order valence-electron chi connectivity index (χ3n) is 14.6. The molecule has 76 heavy (non-hydrogen) atoms.